The quantitative estimate of drug-likeness (QED) is 0.337. The molecule has 0 radical (unpaired) electrons. The Morgan fingerprint density at radius 3 is 2.59 bits per heavy atom. The van der Waals surface area contributed by atoms with E-state index in [1.165, 1.54) is 22.2 Å². The van der Waals surface area contributed by atoms with E-state index < -0.39 is 5.60 Å². The summed E-state index contributed by atoms with van der Waals surface area (Å²) in [5, 5.41) is 10.5. The third-order valence-corrected chi connectivity index (χ3v) is 5.85. The topological polar surface area (TPSA) is 42.3 Å². The van der Waals surface area contributed by atoms with Crippen LogP contribution in [0.5, 0.6) is 0 Å². The minimum Gasteiger partial charge on any atom is -0.488 e. The first-order valence-corrected chi connectivity index (χ1v) is 10.6. The highest BCUT2D eigenvalue weighted by Crippen LogP contribution is 2.33. The number of nitriles is 1. The van der Waals surface area contributed by atoms with Crippen molar-refractivity contribution in [3.8, 4) is 11.8 Å². The van der Waals surface area contributed by atoms with Gasteiger partial charge in [-0.05, 0) is 80.8 Å². The second kappa shape index (κ2) is 8.25. The van der Waals surface area contributed by atoms with Gasteiger partial charge in [-0.1, -0.05) is 30.3 Å². The molecule has 0 fully saturated rings. The summed E-state index contributed by atoms with van der Waals surface area (Å²) >= 11 is 0. The molecule has 32 heavy (non-hydrogen) atoms. The van der Waals surface area contributed by atoms with E-state index in [1.54, 1.807) is 6.08 Å². The maximum absolute atomic E-state index is 9.26. The van der Waals surface area contributed by atoms with Gasteiger partial charge in [-0.25, -0.2) is 10.1 Å². The van der Waals surface area contributed by atoms with Gasteiger partial charge < -0.3 is 9.30 Å². The number of hydrogen-bond donors (Lipinski definition) is 0. The minimum absolute atomic E-state index is 0.127. The van der Waals surface area contributed by atoms with Crippen LogP contribution in [-0.2, 0) is 4.74 Å². The average molecular weight is 420 g/mol. The first-order chi connectivity index (χ1) is 15.3. The van der Waals surface area contributed by atoms with Gasteiger partial charge in [0.2, 0.25) is 0 Å². The van der Waals surface area contributed by atoms with Gasteiger partial charge in [-0.15, -0.1) is 0 Å². The van der Waals surface area contributed by atoms with E-state index in [0.29, 0.717) is 12.2 Å². The maximum Gasteiger partial charge on any atom is 0.265 e. The van der Waals surface area contributed by atoms with Gasteiger partial charge in [0.1, 0.15) is 11.4 Å². The molecular formula is C28H25N3O. The summed E-state index contributed by atoms with van der Waals surface area (Å²) < 4.78 is 8.37. The van der Waals surface area contributed by atoms with Gasteiger partial charge in [0.05, 0.1) is 18.2 Å². The van der Waals surface area contributed by atoms with E-state index in [2.05, 4.69) is 65.7 Å². The lowest BCUT2D eigenvalue weighted by Gasteiger charge is -2.32. The Morgan fingerprint density at radius 2 is 1.91 bits per heavy atom. The van der Waals surface area contributed by atoms with E-state index in [0.717, 1.165) is 16.8 Å². The smallest absolute Gasteiger partial charge is 0.265 e. The number of para-hydroxylation sites is 1. The fourth-order valence-electron chi connectivity index (χ4n) is 4.25. The Kier molecular flexibility index (Phi) is 5.47. The summed E-state index contributed by atoms with van der Waals surface area (Å²) in [7, 11) is 0. The van der Waals surface area contributed by atoms with Crippen molar-refractivity contribution in [2.45, 2.75) is 39.7 Å². The molecule has 0 aliphatic carbocycles. The summed E-state index contributed by atoms with van der Waals surface area (Å²) in [5.41, 5.74) is 6.26. The van der Waals surface area contributed by atoms with Crippen LogP contribution in [0.4, 0.5) is 0 Å². The number of hydrogen-bond acceptors (Lipinski definition) is 2. The normalized spacial score (nSPS) is 16.9. The summed E-state index contributed by atoms with van der Waals surface area (Å²) in [5.74, 6) is 0.655. The highest BCUT2D eigenvalue weighted by molar-refractivity contribution is 5.89. The molecule has 4 nitrogen and oxygen atoms in total. The first kappa shape index (κ1) is 21.2. The van der Waals surface area contributed by atoms with Crippen molar-refractivity contribution in [3.05, 3.63) is 106 Å². The van der Waals surface area contributed by atoms with Crippen molar-refractivity contribution < 1.29 is 4.74 Å². The molecule has 3 aromatic rings. The fraction of sp³-hybridized carbons (Fsp3) is 0.214. The van der Waals surface area contributed by atoms with Crippen molar-refractivity contribution in [2.75, 3.05) is 0 Å². The Bertz CT molecular complexity index is 1350. The second-order valence-corrected chi connectivity index (χ2v) is 8.67. The molecule has 158 valence electrons. The minimum atomic E-state index is -0.471. The molecule has 0 N–H and O–H groups in total. The molecule has 0 saturated carbocycles. The molecule has 0 bridgehead atoms. The molecule has 4 rings (SSSR count). The second-order valence-electron chi connectivity index (χ2n) is 8.67. The Morgan fingerprint density at radius 1 is 1.16 bits per heavy atom. The third-order valence-electron chi connectivity index (χ3n) is 5.85. The Labute approximate surface area is 189 Å². The predicted molar refractivity (Wildman–Crippen MR) is 129 cm³/mol. The summed E-state index contributed by atoms with van der Waals surface area (Å²) in [6.45, 7) is 15.5. The van der Waals surface area contributed by atoms with Gasteiger partial charge in [0.15, 0.2) is 0 Å². The van der Waals surface area contributed by atoms with Crippen LogP contribution in [0.2, 0.25) is 0 Å². The van der Waals surface area contributed by atoms with Crippen LogP contribution in [0.3, 0.4) is 0 Å². The number of aryl methyl sites for hydroxylation is 1. The molecule has 0 spiro atoms. The van der Waals surface area contributed by atoms with Crippen LogP contribution in [-0.4, -0.2) is 10.2 Å². The molecule has 1 aliphatic heterocycles. The molecule has 0 amide bonds. The highest BCUT2D eigenvalue weighted by atomic mass is 16.5. The SMILES string of the molecule is [C-]#[N+]/C(C#N)=C1C=C(/C=C/c2ccc3c(c2)c(C)c(C)n3-c2ccccc2)OC(C)(C)C/1. The molecule has 0 atom stereocenters. The number of rotatable bonds is 3. The van der Waals surface area contributed by atoms with E-state index in [-0.39, 0.29) is 5.70 Å². The number of aromatic nitrogens is 1. The van der Waals surface area contributed by atoms with E-state index in [4.69, 9.17) is 11.3 Å². The average Bonchev–Trinajstić information content (AvgIpc) is 3.02. The molecule has 1 aromatic heterocycles. The summed E-state index contributed by atoms with van der Waals surface area (Å²) in [6, 6.07) is 18.8. The molecule has 1 aliphatic rings. The molecule has 0 saturated heterocycles. The molecule has 0 unspecified atom stereocenters. The monoisotopic (exact) mass is 419 g/mol. The summed E-state index contributed by atoms with van der Waals surface area (Å²) in [4.78, 5) is 3.37. The van der Waals surface area contributed by atoms with E-state index in [1.807, 2.05) is 38.1 Å². The van der Waals surface area contributed by atoms with Crippen molar-refractivity contribution in [2.24, 2.45) is 0 Å². The zero-order valence-electron chi connectivity index (χ0n) is 18.8. The number of ether oxygens (including phenoxy) is 1. The fourth-order valence-corrected chi connectivity index (χ4v) is 4.25. The Hall–Kier alpha value is -4.02. The first-order valence-electron chi connectivity index (χ1n) is 10.6. The number of nitrogens with zero attached hydrogens (tertiary/aromatic N) is 3. The lowest BCUT2D eigenvalue weighted by atomic mass is 9.93. The van der Waals surface area contributed by atoms with Crippen LogP contribution in [0.25, 0.3) is 27.5 Å². The van der Waals surface area contributed by atoms with Crippen molar-refractivity contribution >= 4 is 17.0 Å². The lowest BCUT2D eigenvalue weighted by molar-refractivity contribution is 0.0356. The van der Waals surface area contributed by atoms with Crippen LogP contribution in [0.1, 0.15) is 37.1 Å². The maximum atomic E-state index is 9.26. The van der Waals surface area contributed by atoms with Gasteiger partial charge in [0.25, 0.3) is 5.70 Å². The zero-order chi connectivity index (χ0) is 22.9. The highest BCUT2D eigenvalue weighted by Gasteiger charge is 2.27. The molecule has 2 aromatic carbocycles. The van der Waals surface area contributed by atoms with Crippen LogP contribution < -0.4 is 0 Å². The van der Waals surface area contributed by atoms with Gasteiger partial charge in [0, 0.05) is 23.2 Å². The van der Waals surface area contributed by atoms with Crippen molar-refractivity contribution in [3.63, 3.8) is 0 Å². The van der Waals surface area contributed by atoms with Crippen molar-refractivity contribution in [1.29, 1.82) is 5.26 Å². The lowest BCUT2D eigenvalue weighted by Crippen LogP contribution is -2.27. The number of fused-ring (bicyclic) bond motifs is 1. The largest absolute Gasteiger partial charge is 0.488 e. The summed E-state index contributed by atoms with van der Waals surface area (Å²) in [6.07, 6.45) is 6.27. The zero-order valence-corrected chi connectivity index (χ0v) is 18.8. The molecular weight excluding hydrogens is 394 g/mol. The number of benzene rings is 2. The van der Waals surface area contributed by atoms with E-state index in [9.17, 15) is 5.26 Å². The van der Waals surface area contributed by atoms with E-state index >= 15 is 0 Å². The molecule has 2 heterocycles. The third kappa shape index (κ3) is 3.96. The van der Waals surface area contributed by atoms with Crippen LogP contribution in [0, 0.1) is 31.8 Å². The van der Waals surface area contributed by atoms with Gasteiger partial charge in [-0.3, -0.25) is 0 Å². The van der Waals surface area contributed by atoms with Crippen LogP contribution in [0.15, 0.2) is 77.7 Å². The number of allylic oxidation sites excluding steroid dienone is 3. The molecule has 4 heteroatoms. The van der Waals surface area contributed by atoms with Crippen molar-refractivity contribution in [1.82, 2.24) is 4.57 Å². The van der Waals surface area contributed by atoms with Gasteiger partial charge >= 0.3 is 0 Å². The van der Waals surface area contributed by atoms with Crippen LogP contribution >= 0.6 is 0 Å². The Balaban J connectivity index is 1.73. The standard InChI is InChI=1S/C28H25N3O/c1-19-20(2)31(23-9-7-6-8-10-23)27-14-12-21(15-25(19)27)11-13-24-16-22(26(18-29)30-5)17-28(3,4)32-24/h6-16H,17H2,1-4H3/b13-11+,26-22-. The predicted octanol–water partition coefficient (Wildman–Crippen LogP) is 7.04. The van der Waals surface area contributed by atoms with Gasteiger partial charge in [-0.2, -0.15) is 0 Å².